The Morgan fingerprint density at radius 1 is 0.722 bits per heavy atom. The molecule has 0 bridgehead atoms. The minimum Gasteiger partial charge on any atom is -0.396 e. The number of rotatable bonds is 4. The van der Waals surface area contributed by atoms with Gasteiger partial charge in [0.15, 0.2) is 0 Å². The van der Waals surface area contributed by atoms with Crippen LogP contribution in [0.2, 0.25) is 0 Å². The summed E-state index contributed by atoms with van der Waals surface area (Å²) in [4.78, 5) is 0. The van der Waals surface area contributed by atoms with Crippen LogP contribution in [0.25, 0.3) is 0 Å². The zero-order chi connectivity index (χ0) is 13.0. The fourth-order valence-electron chi connectivity index (χ4n) is 4.18. The SMILES string of the molecule is CC(C1CCC(CO)CC1)C1CCC(CO)CC1. The maximum absolute atomic E-state index is 9.20. The quantitative estimate of drug-likeness (QED) is 0.808. The van der Waals surface area contributed by atoms with Crippen molar-refractivity contribution in [3.8, 4) is 0 Å². The minimum atomic E-state index is 0.392. The zero-order valence-electron chi connectivity index (χ0n) is 11.9. The van der Waals surface area contributed by atoms with Gasteiger partial charge in [-0.05, 0) is 81.0 Å². The van der Waals surface area contributed by atoms with Crippen molar-refractivity contribution in [2.45, 2.75) is 58.3 Å². The van der Waals surface area contributed by atoms with E-state index in [1.54, 1.807) is 0 Å². The molecule has 18 heavy (non-hydrogen) atoms. The molecule has 0 aromatic heterocycles. The van der Waals surface area contributed by atoms with E-state index in [2.05, 4.69) is 6.92 Å². The first kappa shape index (κ1) is 14.3. The molecule has 2 aliphatic rings. The highest BCUT2D eigenvalue weighted by Crippen LogP contribution is 2.41. The number of hydrogen-bond acceptors (Lipinski definition) is 2. The van der Waals surface area contributed by atoms with Gasteiger partial charge in [-0.25, -0.2) is 0 Å². The predicted molar refractivity (Wildman–Crippen MR) is 74.2 cm³/mol. The van der Waals surface area contributed by atoms with Crippen molar-refractivity contribution in [3.63, 3.8) is 0 Å². The van der Waals surface area contributed by atoms with Crippen LogP contribution in [-0.4, -0.2) is 23.4 Å². The molecule has 2 aliphatic carbocycles. The highest BCUT2D eigenvalue weighted by Gasteiger charge is 2.31. The molecule has 2 N–H and O–H groups in total. The van der Waals surface area contributed by atoms with Gasteiger partial charge in [0.2, 0.25) is 0 Å². The van der Waals surface area contributed by atoms with Crippen molar-refractivity contribution >= 4 is 0 Å². The largest absolute Gasteiger partial charge is 0.396 e. The maximum Gasteiger partial charge on any atom is 0.0459 e. The Balaban J connectivity index is 1.76. The predicted octanol–water partition coefficient (Wildman–Crippen LogP) is 3.22. The average Bonchev–Trinajstić information content (AvgIpc) is 2.47. The van der Waals surface area contributed by atoms with Crippen molar-refractivity contribution in [2.24, 2.45) is 29.6 Å². The summed E-state index contributed by atoms with van der Waals surface area (Å²) < 4.78 is 0. The summed E-state index contributed by atoms with van der Waals surface area (Å²) >= 11 is 0. The third-order valence-corrected chi connectivity index (χ3v) is 5.79. The summed E-state index contributed by atoms with van der Waals surface area (Å²) in [6.45, 7) is 3.24. The lowest BCUT2D eigenvalue weighted by Gasteiger charge is -2.38. The lowest BCUT2D eigenvalue weighted by Crippen LogP contribution is -2.29. The molecule has 2 heteroatoms. The van der Waals surface area contributed by atoms with E-state index < -0.39 is 0 Å². The van der Waals surface area contributed by atoms with Crippen LogP contribution in [0.3, 0.4) is 0 Å². The smallest absolute Gasteiger partial charge is 0.0459 e. The molecule has 0 unspecified atom stereocenters. The van der Waals surface area contributed by atoms with Crippen LogP contribution in [0.15, 0.2) is 0 Å². The van der Waals surface area contributed by atoms with Gasteiger partial charge < -0.3 is 10.2 Å². The second-order valence-electron chi connectivity index (χ2n) is 6.79. The van der Waals surface area contributed by atoms with Gasteiger partial charge in [-0.1, -0.05) is 6.92 Å². The van der Waals surface area contributed by atoms with E-state index in [4.69, 9.17) is 0 Å². The lowest BCUT2D eigenvalue weighted by atomic mass is 9.68. The molecule has 0 radical (unpaired) electrons. The molecule has 2 nitrogen and oxygen atoms in total. The summed E-state index contributed by atoms with van der Waals surface area (Å²) in [5.41, 5.74) is 0. The minimum absolute atomic E-state index is 0.392. The molecule has 0 aromatic carbocycles. The summed E-state index contributed by atoms with van der Waals surface area (Å²) in [5, 5.41) is 18.4. The van der Waals surface area contributed by atoms with Crippen LogP contribution < -0.4 is 0 Å². The van der Waals surface area contributed by atoms with Crippen molar-refractivity contribution in [1.82, 2.24) is 0 Å². The Morgan fingerprint density at radius 2 is 1.06 bits per heavy atom. The molecule has 2 fully saturated rings. The number of hydrogen-bond donors (Lipinski definition) is 2. The van der Waals surface area contributed by atoms with Crippen LogP contribution >= 0.6 is 0 Å². The van der Waals surface area contributed by atoms with Crippen molar-refractivity contribution in [2.75, 3.05) is 13.2 Å². The third kappa shape index (κ3) is 3.48. The summed E-state index contributed by atoms with van der Waals surface area (Å²) in [6.07, 6.45) is 10.2. The van der Waals surface area contributed by atoms with Crippen LogP contribution in [-0.2, 0) is 0 Å². The van der Waals surface area contributed by atoms with Gasteiger partial charge in [0.25, 0.3) is 0 Å². The van der Waals surface area contributed by atoms with E-state index in [9.17, 15) is 10.2 Å². The van der Waals surface area contributed by atoms with E-state index in [0.717, 1.165) is 17.8 Å². The molecule has 0 amide bonds. The molecule has 0 spiro atoms. The number of aliphatic hydroxyl groups excluding tert-OH is 2. The van der Waals surface area contributed by atoms with Crippen LogP contribution in [0.4, 0.5) is 0 Å². The lowest BCUT2D eigenvalue weighted by molar-refractivity contribution is 0.0924. The van der Waals surface area contributed by atoms with E-state index >= 15 is 0 Å². The highest BCUT2D eigenvalue weighted by molar-refractivity contribution is 4.82. The topological polar surface area (TPSA) is 40.5 Å². The molecule has 106 valence electrons. The van der Waals surface area contributed by atoms with E-state index in [0.29, 0.717) is 25.0 Å². The standard InChI is InChI=1S/C16H30O2/c1-12(15-6-2-13(10-17)3-7-15)16-8-4-14(11-18)5-9-16/h12-18H,2-11H2,1H3. The Labute approximate surface area is 112 Å². The summed E-state index contributed by atoms with van der Waals surface area (Å²) in [7, 11) is 0. The second-order valence-corrected chi connectivity index (χ2v) is 6.79. The normalized spacial score (nSPS) is 39.5. The van der Waals surface area contributed by atoms with E-state index in [1.165, 1.54) is 51.4 Å². The van der Waals surface area contributed by atoms with Gasteiger partial charge in [-0.3, -0.25) is 0 Å². The Hall–Kier alpha value is -0.0800. The zero-order valence-corrected chi connectivity index (χ0v) is 11.9. The molecule has 2 saturated carbocycles. The third-order valence-electron chi connectivity index (χ3n) is 5.79. The first-order valence-corrected chi connectivity index (χ1v) is 7.96. The Kier molecular flexibility index (Phi) is 5.50. The maximum atomic E-state index is 9.20. The first-order valence-electron chi connectivity index (χ1n) is 7.96. The average molecular weight is 254 g/mol. The van der Waals surface area contributed by atoms with Crippen LogP contribution in [0, 0.1) is 29.6 Å². The summed E-state index contributed by atoms with van der Waals surface area (Å²) in [6, 6.07) is 0. The molecular weight excluding hydrogens is 224 g/mol. The molecule has 0 aromatic rings. The van der Waals surface area contributed by atoms with Crippen LogP contribution in [0.5, 0.6) is 0 Å². The second kappa shape index (κ2) is 6.91. The van der Waals surface area contributed by atoms with E-state index in [1.807, 2.05) is 0 Å². The Bertz CT molecular complexity index is 201. The van der Waals surface area contributed by atoms with Crippen LogP contribution in [0.1, 0.15) is 58.3 Å². The van der Waals surface area contributed by atoms with Gasteiger partial charge >= 0.3 is 0 Å². The summed E-state index contributed by atoms with van der Waals surface area (Å²) in [5.74, 6) is 3.80. The monoisotopic (exact) mass is 254 g/mol. The van der Waals surface area contributed by atoms with Crippen molar-refractivity contribution in [1.29, 1.82) is 0 Å². The molecule has 2 rings (SSSR count). The van der Waals surface area contributed by atoms with Crippen molar-refractivity contribution in [3.05, 3.63) is 0 Å². The number of aliphatic hydroxyl groups is 2. The highest BCUT2D eigenvalue weighted by atomic mass is 16.3. The van der Waals surface area contributed by atoms with Gasteiger partial charge in [0, 0.05) is 13.2 Å². The first-order chi connectivity index (χ1) is 8.74. The van der Waals surface area contributed by atoms with Crippen molar-refractivity contribution < 1.29 is 10.2 Å². The molecule has 0 saturated heterocycles. The van der Waals surface area contributed by atoms with Gasteiger partial charge in [0.1, 0.15) is 0 Å². The molecule has 0 heterocycles. The van der Waals surface area contributed by atoms with Gasteiger partial charge in [-0.15, -0.1) is 0 Å². The fourth-order valence-corrected chi connectivity index (χ4v) is 4.18. The van der Waals surface area contributed by atoms with E-state index in [-0.39, 0.29) is 0 Å². The fraction of sp³-hybridized carbons (Fsp3) is 1.00. The van der Waals surface area contributed by atoms with Gasteiger partial charge in [0.05, 0.1) is 0 Å². The Morgan fingerprint density at radius 3 is 1.33 bits per heavy atom. The van der Waals surface area contributed by atoms with Gasteiger partial charge in [-0.2, -0.15) is 0 Å². The molecule has 0 atom stereocenters. The molecule has 0 aliphatic heterocycles. The molecular formula is C16H30O2.